The Morgan fingerprint density at radius 2 is 1.15 bits per heavy atom. The lowest BCUT2D eigenvalue weighted by atomic mass is 10.1. The Balaban J connectivity index is 1.54. The Hall–Kier alpha value is -1.58. The van der Waals surface area contributed by atoms with Crippen molar-refractivity contribution in [1.29, 1.82) is 0 Å². The summed E-state index contributed by atoms with van der Waals surface area (Å²) < 4.78 is 37.6. The second kappa shape index (κ2) is 16.0. The molecule has 6 nitrogen and oxygen atoms in total. The highest BCUT2D eigenvalue weighted by Gasteiger charge is 2.49. The van der Waals surface area contributed by atoms with Crippen molar-refractivity contribution >= 4 is 28.9 Å². The van der Waals surface area contributed by atoms with E-state index in [-0.39, 0.29) is 12.2 Å². The van der Waals surface area contributed by atoms with Gasteiger partial charge in [-0.2, -0.15) is 0 Å². The maximum atomic E-state index is 6.58. The lowest BCUT2D eigenvalue weighted by Gasteiger charge is -2.27. The lowest BCUT2D eigenvalue weighted by molar-refractivity contribution is -0.0895. The highest BCUT2D eigenvalue weighted by Crippen LogP contribution is 2.64. The van der Waals surface area contributed by atoms with Crippen LogP contribution in [0.1, 0.15) is 30.5 Å². The number of benzene rings is 3. The van der Waals surface area contributed by atoms with Crippen LogP contribution in [0.4, 0.5) is 0 Å². The molecule has 0 radical (unpaired) electrons. The summed E-state index contributed by atoms with van der Waals surface area (Å²) in [5.41, 5.74) is 0.150. The molecule has 0 unspecified atom stereocenters. The van der Waals surface area contributed by atoms with E-state index in [9.17, 15) is 0 Å². The zero-order chi connectivity index (χ0) is 27.3. The van der Waals surface area contributed by atoms with Crippen molar-refractivity contribution in [3.63, 3.8) is 0 Å². The Bertz CT molecular complexity index is 1130. The standard InChI is InChI=1S/C30H37O6PS2/c1-3-34-37(38,35-4-2)39-30-29(33-22-26-18-12-7-13-19-26)28(32-21-25-16-10-6-11-17-25)27(36-30)23-31-20-24-14-8-5-9-15-24/h5-19,27-30H,3-4,20-23H2,1-2H3/t27-,28-,29+,30+/m0/s1. The number of hydrogen-bond donors (Lipinski definition) is 0. The van der Waals surface area contributed by atoms with Crippen LogP contribution in [0, 0.1) is 0 Å². The van der Waals surface area contributed by atoms with E-state index < -0.39 is 17.2 Å². The first-order valence-electron chi connectivity index (χ1n) is 13.3. The molecule has 0 bridgehead atoms. The predicted octanol–water partition coefficient (Wildman–Crippen LogP) is 7.13. The van der Waals surface area contributed by atoms with Crippen LogP contribution >= 0.6 is 17.1 Å². The zero-order valence-corrected chi connectivity index (χ0v) is 25.0. The topological polar surface area (TPSA) is 55.4 Å². The Morgan fingerprint density at radius 1 is 0.692 bits per heavy atom. The summed E-state index contributed by atoms with van der Waals surface area (Å²) in [6, 6.07) is 30.3. The highest BCUT2D eigenvalue weighted by atomic mass is 32.9. The normalized spacial score (nSPS) is 21.3. The molecule has 9 heteroatoms. The van der Waals surface area contributed by atoms with E-state index in [1.807, 2.05) is 105 Å². The van der Waals surface area contributed by atoms with Crippen LogP contribution in [-0.2, 0) is 59.6 Å². The summed E-state index contributed by atoms with van der Waals surface area (Å²) in [7, 11) is 0. The Labute approximate surface area is 241 Å². The maximum absolute atomic E-state index is 6.58. The van der Waals surface area contributed by atoms with Gasteiger partial charge in [0.25, 0.3) is 0 Å². The molecule has 3 aromatic carbocycles. The molecular formula is C30H37O6PS2. The zero-order valence-electron chi connectivity index (χ0n) is 22.4. The maximum Gasteiger partial charge on any atom is 0.249 e. The van der Waals surface area contributed by atoms with Crippen molar-refractivity contribution < 1.29 is 28.0 Å². The van der Waals surface area contributed by atoms with E-state index in [1.165, 1.54) is 11.4 Å². The van der Waals surface area contributed by atoms with Gasteiger partial charge in [0.2, 0.25) is 5.69 Å². The second-order valence-electron chi connectivity index (χ2n) is 8.95. The number of ether oxygens (including phenoxy) is 4. The van der Waals surface area contributed by atoms with Crippen LogP contribution in [0.5, 0.6) is 0 Å². The van der Waals surface area contributed by atoms with E-state index in [4.69, 9.17) is 39.8 Å². The lowest BCUT2D eigenvalue weighted by Crippen LogP contribution is -2.38. The highest BCUT2D eigenvalue weighted by molar-refractivity contribution is 8.68. The average molecular weight is 589 g/mol. The summed E-state index contributed by atoms with van der Waals surface area (Å²) in [5, 5.41) is 0. The molecule has 39 heavy (non-hydrogen) atoms. The van der Waals surface area contributed by atoms with Gasteiger partial charge in [0.15, 0.2) is 0 Å². The second-order valence-corrected chi connectivity index (χ2v) is 15.3. The molecule has 1 aliphatic heterocycles. The predicted molar refractivity (Wildman–Crippen MR) is 160 cm³/mol. The molecule has 0 amide bonds. The van der Waals surface area contributed by atoms with E-state index in [0.717, 1.165) is 16.7 Å². The molecule has 1 heterocycles. The largest absolute Gasteiger partial charge is 0.374 e. The van der Waals surface area contributed by atoms with Crippen LogP contribution in [0.2, 0.25) is 0 Å². The van der Waals surface area contributed by atoms with Crippen molar-refractivity contribution in [3.8, 4) is 0 Å². The quantitative estimate of drug-likeness (QED) is 0.164. The minimum Gasteiger partial charge on any atom is -0.374 e. The van der Waals surface area contributed by atoms with Gasteiger partial charge in [0.1, 0.15) is 23.7 Å². The third-order valence-electron chi connectivity index (χ3n) is 6.04. The van der Waals surface area contributed by atoms with E-state index in [0.29, 0.717) is 39.6 Å². The SMILES string of the molecule is CCOP(=S)(OCC)S[C@H]1O[C@@H](COCc2ccccc2)[C@H](OCc2ccccc2)[C@H]1OCc1ccccc1. The first kappa shape index (κ1) is 30.4. The summed E-state index contributed by atoms with van der Waals surface area (Å²) in [4.78, 5) is 0. The van der Waals surface area contributed by atoms with Gasteiger partial charge in [-0.05, 0) is 53.7 Å². The van der Waals surface area contributed by atoms with E-state index >= 15 is 0 Å². The summed E-state index contributed by atoms with van der Waals surface area (Å²) in [6.45, 7) is 6.45. The molecule has 0 spiro atoms. The molecule has 1 saturated heterocycles. The van der Waals surface area contributed by atoms with Crippen molar-refractivity contribution in [2.75, 3.05) is 19.8 Å². The van der Waals surface area contributed by atoms with Crippen LogP contribution in [0.15, 0.2) is 91.0 Å². The number of rotatable bonds is 16. The fourth-order valence-corrected chi connectivity index (χ4v) is 9.53. The molecule has 0 N–H and O–H groups in total. The molecule has 0 aromatic heterocycles. The molecule has 4 rings (SSSR count). The fourth-order valence-electron chi connectivity index (χ4n) is 4.23. The summed E-state index contributed by atoms with van der Waals surface area (Å²) in [5.74, 6) is 0. The molecule has 1 fully saturated rings. The first-order chi connectivity index (χ1) is 19.1. The molecule has 1 aliphatic rings. The van der Waals surface area contributed by atoms with Gasteiger partial charge in [-0.25, -0.2) is 0 Å². The van der Waals surface area contributed by atoms with E-state index in [2.05, 4.69) is 0 Å². The van der Waals surface area contributed by atoms with Crippen molar-refractivity contribution in [2.45, 2.75) is 57.4 Å². The van der Waals surface area contributed by atoms with E-state index in [1.54, 1.807) is 0 Å². The van der Waals surface area contributed by atoms with Crippen LogP contribution < -0.4 is 0 Å². The third kappa shape index (κ3) is 9.49. The van der Waals surface area contributed by atoms with Crippen molar-refractivity contribution in [3.05, 3.63) is 108 Å². The van der Waals surface area contributed by atoms with Crippen LogP contribution in [0.3, 0.4) is 0 Å². The van der Waals surface area contributed by atoms with Gasteiger partial charge in [-0.1, -0.05) is 91.0 Å². The van der Waals surface area contributed by atoms with Gasteiger partial charge < -0.3 is 28.0 Å². The fraction of sp³-hybridized carbons (Fsp3) is 0.400. The molecule has 3 aromatic rings. The van der Waals surface area contributed by atoms with Gasteiger partial charge in [0, 0.05) is 0 Å². The Morgan fingerprint density at radius 3 is 1.64 bits per heavy atom. The molecular weight excluding hydrogens is 551 g/mol. The van der Waals surface area contributed by atoms with Crippen molar-refractivity contribution in [2.24, 2.45) is 0 Å². The van der Waals surface area contributed by atoms with Crippen LogP contribution in [0.25, 0.3) is 0 Å². The molecule has 210 valence electrons. The number of hydrogen-bond acceptors (Lipinski definition) is 8. The minimum atomic E-state index is -2.66. The molecule has 0 saturated carbocycles. The summed E-state index contributed by atoms with van der Waals surface area (Å²) >= 11 is 7.26. The molecule has 0 aliphatic carbocycles. The third-order valence-corrected chi connectivity index (χ3v) is 11.5. The minimum absolute atomic E-state index is 0.350. The average Bonchev–Trinajstić information content (AvgIpc) is 3.27. The van der Waals surface area contributed by atoms with Gasteiger partial charge in [-0.15, -0.1) is 0 Å². The molecule has 4 atom stereocenters. The van der Waals surface area contributed by atoms with Crippen molar-refractivity contribution in [1.82, 2.24) is 0 Å². The summed E-state index contributed by atoms with van der Waals surface area (Å²) in [6.07, 6.45) is -1.15. The smallest absolute Gasteiger partial charge is 0.249 e. The Kier molecular flexibility index (Phi) is 12.5. The van der Waals surface area contributed by atoms with Gasteiger partial charge in [-0.3, -0.25) is 0 Å². The monoisotopic (exact) mass is 588 g/mol. The van der Waals surface area contributed by atoms with Gasteiger partial charge >= 0.3 is 0 Å². The first-order valence-corrected chi connectivity index (χ1v) is 17.4. The van der Waals surface area contributed by atoms with Crippen LogP contribution in [-0.4, -0.2) is 43.6 Å². The van der Waals surface area contributed by atoms with Gasteiger partial charge in [0.05, 0.1) is 39.6 Å².